The van der Waals surface area contributed by atoms with Gasteiger partial charge in [-0.2, -0.15) is 0 Å². The zero-order valence-electron chi connectivity index (χ0n) is 21.8. The molecule has 0 spiro atoms. The summed E-state index contributed by atoms with van der Waals surface area (Å²) in [6.07, 6.45) is 16.4. The first-order chi connectivity index (χ1) is 15.9. The first-order valence-corrected chi connectivity index (χ1v) is 15.5. The number of phenolic OH excluding ortho intramolecular Hbond substituents is 1. The molecule has 0 saturated heterocycles. The molecule has 0 saturated carbocycles. The molecule has 0 amide bonds. The first kappa shape index (κ1) is 28.1. The van der Waals surface area contributed by atoms with Crippen LogP contribution in [0.15, 0.2) is 24.3 Å². The van der Waals surface area contributed by atoms with Gasteiger partial charge in [0.05, 0.1) is 0 Å². The predicted molar refractivity (Wildman–Crippen MR) is 145 cm³/mol. The number of benzene rings is 2. The Morgan fingerprint density at radius 2 is 1.00 bits per heavy atom. The number of hydrogen-bond donors (Lipinski definition) is 1. The van der Waals surface area contributed by atoms with Gasteiger partial charge < -0.3 is 0 Å². The Hall–Kier alpha value is -1.17. The maximum atomic E-state index is 9.85. The van der Waals surface area contributed by atoms with E-state index in [-0.39, 0.29) is 0 Å². The number of rotatable bonds is 16. The Balaban J connectivity index is 1.67. The van der Waals surface area contributed by atoms with Crippen molar-refractivity contribution in [2.24, 2.45) is 0 Å². The van der Waals surface area contributed by atoms with Crippen LogP contribution in [-0.4, -0.2) is 32.6 Å². The van der Waals surface area contributed by atoms with E-state index in [0.29, 0.717) is 5.75 Å². The van der Waals surface area contributed by atoms with Gasteiger partial charge in [-0.05, 0) is 0 Å². The zero-order valence-corrected chi connectivity index (χ0v) is 24.1. The van der Waals surface area contributed by atoms with Crippen molar-refractivity contribution in [3.63, 3.8) is 0 Å². The van der Waals surface area contributed by atoms with Crippen LogP contribution in [0, 0.1) is 27.7 Å². The molecule has 0 aliphatic rings. The van der Waals surface area contributed by atoms with Crippen LogP contribution in [0.25, 0.3) is 0 Å². The second-order valence-electron chi connectivity index (χ2n) is 9.63. The normalized spacial score (nSPS) is 11.2. The molecule has 0 heterocycles. The van der Waals surface area contributed by atoms with Gasteiger partial charge in [-0.3, -0.25) is 0 Å². The summed E-state index contributed by atoms with van der Waals surface area (Å²) in [6, 6.07) is 8.23. The van der Waals surface area contributed by atoms with E-state index in [9.17, 15) is 5.11 Å². The Morgan fingerprint density at radius 3 is 1.45 bits per heavy atom. The molecular formula is C30H46O2Te. The molecule has 0 aromatic heterocycles. The SMILES string of the molecule is CCCCCCCCCCCCCCOc1cc(C)c([Te]c2c(C)cc(O)cc2C)c(C)c1. The molecule has 0 unspecified atom stereocenters. The quantitative estimate of drug-likeness (QED) is 0.170. The topological polar surface area (TPSA) is 29.5 Å². The van der Waals surface area contributed by atoms with Crippen LogP contribution in [0.4, 0.5) is 0 Å². The Bertz CT molecular complexity index is 797. The average molecular weight is 566 g/mol. The van der Waals surface area contributed by atoms with Gasteiger partial charge in [-0.25, -0.2) is 0 Å². The van der Waals surface area contributed by atoms with Crippen molar-refractivity contribution in [3.05, 3.63) is 46.5 Å². The number of phenols is 1. The summed E-state index contributed by atoms with van der Waals surface area (Å²) in [5.74, 6) is 1.39. The van der Waals surface area contributed by atoms with E-state index in [1.54, 1.807) is 0 Å². The van der Waals surface area contributed by atoms with Crippen molar-refractivity contribution < 1.29 is 9.84 Å². The van der Waals surface area contributed by atoms with E-state index in [0.717, 1.165) is 18.8 Å². The molecule has 2 aromatic rings. The van der Waals surface area contributed by atoms with Gasteiger partial charge in [0.1, 0.15) is 0 Å². The fourth-order valence-electron chi connectivity index (χ4n) is 4.48. The maximum absolute atomic E-state index is 9.85. The average Bonchev–Trinajstić information content (AvgIpc) is 2.75. The van der Waals surface area contributed by atoms with Crippen LogP contribution in [0.2, 0.25) is 0 Å². The van der Waals surface area contributed by atoms with Crippen molar-refractivity contribution in [2.75, 3.05) is 6.61 Å². The Morgan fingerprint density at radius 1 is 0.606 bits per heavy atom. The number of unbranched alkanes of at least 4 members (excludes halogenated alkanes) is 11. The predicted octanol–water partition coefficient (Wildman–Crippen LogP) is 7.36. The first-order valence-electron chi connectivity index (χ1n) is 13.1. The minimum absolute atomic E-state index is 0.371. The molecule has 0 fully saturated rings. The monoisotopic (exact) mass is 568 g/mol. The standard InChI is InChI=1S/C30H46O2Te/c1-6-7-8-9-10-11-12-13-14-15-16-17-18-32-28-21-25(4)30(26(5)22-28)33-29-23(2)19-27(31)20-24(29)3/h19-22,31H,6-18H2,1-5H3. The summed E-state index contributed by atoms with van der Waals surface area (Å²) >= 11 is -0.499. The zero-order chi connectivity index (χ0) is 24.1. The van der Waals surface area contributed by atoms with Gasteiger partial charge in [0.2, 0.25) is 0 Å². The fourth-order valence-corrected chi connectivity index (χ4v) is 7.57. The van der Waals surface area contributed by atoms with Gasteiger partial charge in [0, 0.05) is 0 Å². The third kappa shape index (κ3) is 10.3. The van der Waals surface area contributed by atoms with Crippen LogP contribution in [0.5, 0.6) is 11.5 Å². The summed E-state index contributed by atoms with van der Waals surface area (Å²) < 4.78 is 9.04. The van der Waals surface area contributed by atoms with Crippen LogP contribution in [0.3, 0.4) is 0 Å². The van der Waals surface area contributed by atoms with Crippen molar-refractivity contribution in [1.29, 1.82) is 0 Å². The van der Waals surface area contributed by atoms with Crippen molar-refractivity contribution in [1.82, 2.24) is 0 Å². The van der Waals surface area contributed by atoms with Crippen LogP contribution >= 0.6 is 0 Å². The second-order valence-corrected chi connectivity index (χ2v) is 12.5. The van der Waals surface area contributed by atoms with Crippen LogP contribution in [-0.2, 0) is 0 Å². The second kappa shape index (κ2) is 15.7. The molecule has 2 rings (SSSR count). The van der Waals surface area contributed by atoms with Gasteiger partial charge in [0.15, 0.2) is 0 Å². The number of aromatic hydroxyl groups is 1. The molecule has 1 N–H and O–H groups in total. The molecule has 0 bridgehead atoms. The van der Waals surface area contributed by atoms with E-state index in [1.165, 1.54) is 100 Å². The van der Waals surface area contributed by atoms with Crippen molar-refractivity contribution in [2.45, 2.75) is 112 Å². The van der Waals surface area contributed by atoms with Gasteiger partial charge in [-0.15, -0.1) is 0 Å². The molecule has 3 heteroatoms. The number of hydrogen-bond acceptors (Lipinski definition) is 2. The van der Waals surface area contributed by atoms with Gasteiger partial charge in [-0.1, -0.05) is 45.4 Å². The Labute approximate surface area is 213 Å². The van der Waals surface area contributed by atoms with E-state index >= 15 is 0 Å². The molecule has 2 aromatic carbocycles. The Kier molecular flexibility index (Phi) is 13.3. The molecule has 0 radical (unpaired) electrons. The molecule has 0 aliphatic heterocycles. The summed E-state index contributed by atoms with van der Waals surface area (Å²) in [5.41, 5.74) is 5.10. The van der Waals surface area contributed by atoms with E-state index in [4.69, 9.17) is 4.74 Å². The molecular weight excluding hydrogens is 520 g/mol. The van der Waals surface area contributed by atoms with Gasteiger partial charge >= 0.3 is 169 Å². The van der Waals surface area contributed by atoms with Crippen molar-refractivity contribution in [3.8, 4) is 11.5 Å². The van der Waals surface area contributed by atoms with E-state index in [2.05, 4.69) is 46.8 Å². The summed E-state index contributed by atoms with van der Waals surface area (Å²) in [7, 11) is 0. The molecule has 2 nitrogen and oxygen atoms in total. The summed E-state index contributed by atoms with van der Waals surface area (Å²) in [5, 5.41) is 9.85. The van der Waals surface area contributed by atoms with Crippen LogP contribution in [0.1, 0.15) is 106 Å². The fraction of sp³-hybridized carbons (Fsp3) is 0.600. The van der Waals surface area contributed by atoms with Crippen LogP contribution < -0.4 is 12.0 Å². The summed E-state index contributed by atoms with van der Waals surface area (Å²) in [4.78, 5) is 0. The number of aryl methyl sites for hydroxylation is 4. The number of ether oxygens (including phenoxy) is 1. The summed E-state index contributed by atoms with van der Waals surface area (Å²) in [6.45, 7) is 11.8. The molecule has 0 atom stereocenters. The molecule has 184 valence electrons. The van der Waals surface area contributed by atoms with E-state index < -0.39 is 20.9 Å². The third-order valence-electron chi connectivity index (χ3n) is 6.35. The van der Waals surface area contributed by atoms with Crippen molar-refractivity contribution >= 4 is 28.1 Å². The third-order valence-corrected chi connectivity index (χ3v) is 11.2. The molecule has 33 heavy (non-hydrogen) atoms. The van der Waals surface area contributed by atoms with Gasteiger partial charge in [0.25, 0.3) is 0 Å². The molecule has 0 aliphatic carbocycles. The minimum atomic E-state index is -0.499. The van der Waals surface area contributed by atoms with E-state index in [1.807, 2.05) is 12.1 Å².